The normalized spacial score (nSPS) is 8.50. The van der Waals surface area contributed by atoms with Crippen LogP contribution < -0.4 is 17.0 Å². The molecule has 0 atom stereocenters. The van der Waals surface area contributed by atoms with Crippen molar-refractivity contribution in [1.29, 1.82) is 0 Å². The van der Waals surface area contributed by atoms with Gasteiger partial charge in [0.05, 0.1) is 0 Å². The lowest BCUT2D eigenvalue weighted by molar-refractivity contribution is -0.555. The first-order valence-corrected chi connectivity index (χ1v) is 4.60. The van der Waals surface area contributed by atoms with Crippen LogP contribution in [0.4, 0.5) is 0 Å². The van der Waals surface area contributed by atoms with Gasteiger partial charge in [0.15, 0.2) is 12.4 Å². The third kappa shape index (κ3) is 3.09. The molecular formula is C13H13Cl2N. The van der Waals surface area contributed by atoms with E-state index in [4.69, 9.17) is 0 Å². The number of halogens is 2. The molecule has 0 aliphatic carbocycles. The molecule has 0 amide bonds. The summed E-state index contributed by atoms with van der Waals surface area (Å²) in [4.78, 5) is 0. The number of hydrogen-bond acceptors (Lipinski definition) is 0. The van der Waals surface area contributed by atoms with Crippen LogP contribution in [0.25, 0.3) is 17.5 Å². The molecule has 0 radical (unpaired) electrons. The van der Waals surface area contributed by atoms with Gasteiger partial charge in [0.25, 0.3) is 0 Å². The molecule has 0 fully saturated rings. The molecule has 2 aromatic rings. The number of hydrogen-bond donors (Lipinski definition) is 0. The van der Waals surface area contributed by atoms with Gasteiger partial charge in [-0.25, -0.2) is 0 Å². The quantitative estimate of drug-likeness (QED) is 0.673. The fourth-order valence-corrected chi connectivity index (χ4v) is 1.47. The van der Waals surface area contributed by atoms with Gasteiger partial charge in [-0.15, -0.1) is 12.4 Å². The van der Waals surface area contributed by atoms with E-state index < -0.39 is 0 Å². The zero-order valence-electron chi connectivity index (χ0n) is 8.71. The number of pyridine rings is 1. The molecular weight excluding hydrogens is 241 g/mol. The van der Waals surface area contributed by atoms with Crippen molar-refractivity contribution in [3.05, 3.63) is 61.3 Å². The van der Waals surface area contributed by atoms with Gasteiger partial charge in [0, 0.05) is 17.7 Å². The van der Waals surface area contributed by atoms with Crippen LogP contribution >= 0.6 is 12.4 Å². The summed E-state index contributed by atoms with van der Waals surface area (Å²) in [6.45, 7) is 3.78. The Hall–Kier alpha value is -1.31. The molecule has 0 saturated carbocycles. The van der Waals surface area contributed by atoms with E-state index >= 15 is 0 Å². The molecule has 0 bridgehead atoms. The minimum Gasteiger partial charge on any atom is -1.00 e. The van der Waals surface area contributed by atoms with Crippen molar-refractivity contribution in [1.82, 2.24) is 0 Å². The van der Waals surface area contributed by atoms with Gasteiger partial charge in [-0.2, -0.15) is 4.57 Å². The lowest BCUT2D eigenvalue weighted by Crippen LogP contribution is -3.00. The fourth-order valence-electron chi connectivity index (χ4n) is 1.47. The standard InChI is InChI=1S/C13H12N.2ClH/c1-2-14-11-7-6-10-13(14)12-8-4-3-5-9-12;;/h2-11H,1H2;2*1H/q+1;;/p-1. The van der Waals surface area contributed by atoms with E-state index in [0.717, 1.165) is 5.69 Å². The monoisotopic (exact) mass is 253 g/mol. The van der Waals surface area contributed by atoms with Crippen LogP contribution in [0.15, 0.2) is 61.3 Å². The Kier molecular flexibility index (Phi) is 6.47. The average molecular weight is 254 g/mol. The second-order valence-corrected chi connectivity index (χ2v) is 3.04. The Bertz CT molecular complexity index is 441. The van der Waals surface area contributed by atoms with Gasteiger partial charge in [0.1, 0.15) is 0 Å². The number of nitrogens with zero attached hydrogens (tertiary/aromatic N) is 1. The maximum Gasteiger partial charge on any atom is 0.217 e. The molecule has 1 heterocycles. The molecule has 0 spiro atoms. The maximum atomic E-state index is 3.78. The van der Waals surface area contributed by atoms with Gasteiger partial charge >= 0.3 is 0 Å². The van der Waals surface area contributed by atoms with E-state index in [0.29, 0.717) is 0 Å². The van der Waals surface area contributed by atoms with E-state index in [1.165, 1.54) is 5.56 Å². The van der Waals surface area contributed by atoms with Crippen LogP contribution in [0.2, 0.25) is 0 Å². The van der Waals surface area contributed by atoms with Crippen molar-refractivity contribution in [2.75, 3.05) is 0 Å². The van der Waals surface area contributed by atoms with Gasteiger partial charge in [-0.05, 0) is 24.8 Å². The molecule has 16 heavy (non-hydrogen) atoms. The Morgan fingerprint density at radius 2 is 1.56 bits per heavy atom. The summed E-state index contributed by atoms with van der Waals surface area (Å²) < 4.78 is 2.01. The molecule has 2 rings (SSSR count). The van der Waals surface area contributed by atoms with E-state index in [1.807, 2.05) is 47.3 Å². The third-order valence-corrected chi connectivity index (χ3v) is 2.16. The highest BCUT2D eigenvalue weighted by Gasteiger charge is 2.07. The molecule has 1 nitrogen and oxygen atoms in total. The summed E-state index contributed by atoms with van der Waals surface area (Å²) in [5.74, 6) is 0. The highest BCUT2D eigenvalue weighted by Crippen LogP contribution is 2.13. The summed E-state index contributed by atoms with van der Waals surface area (Å²) in [6.07, 6.45) is 3.80. The molecule has 0 aliphatic heterocycles. The van der Waals surface area contributed by atoms with Crippen LogP contribution in [0, 0.1) is 0 Å². The molecule has 1 aromatic carbocycles. The first kappa shape index (κ1) is 14.7. The number of rotatable bonds is 2. The second kappa shape index (κ2) is 7.04. The Labute approximate surface area is 108 Å². The van der Waals surface area contributed by atoms with Crippen LogP contribution in [-0.4, -0.2) is 0 Å². The zero-order chi connectivity index (χ0) is 9.80. The topological polar surface area (TPSA) is 3.88 Å². The fraction of sp³-hybridized carbons (Fsp3) is 0. The van der Waals surface area contributed by atoms with Crippen LogP contribution in [0.1, 0.15) is 0 Å². The van der Waals surface area contributed by atoms with Gasteiger partial charge in [-0.1, -0.05) is 18.2 Å². The molecule has 0 N–H and O–H groups in total. The van der Waals surface area contributed by atoms with E-state index in [9.17, 15) is 0 Å². The van der Waals surface area contributed by atoms with E-state index in [1.54, 1.807) is 0 Å². The molecule has 84 valence electrons. The maximum absolute atomic E-state index is 3.78. The second-order valence-electron chi connectivity index (χ2n) is 3.04. The highest BCUT2D eigenvalue weighted by atomic mass is 35.5. The van der Waals surface area contributed by atoms with Gasteiger partial charge in [-0.3, -0.25) is 0 Å². The average Bonchev–Trinajstić information content (AvgIpc) is 2.30. The Balaban J connectivity index is 0.00000112. The van der Waals surface area contributed by atoms with Crippen LogP contribution in [-0.2, 0) is 0 Å². The van der Waals surface area contributed by atoms with E-state index in [2.05, 4.69) is 24.8 Å². The van der Waals surface area contributed by atoms with Gasteiger partial charge in [0.2, 0.25) is 5.69 Å². The van der Waals surface area contributed by atoms with Crippen molar-refractivity contribution in [2.45, 2.75) is 0 Å². The van der Waals surface area contributed by atoms with Crippen LogP contribution in [0.5, 0.6) is 0 Å². The predicted octanol–water partition coefficient (Wildman–Crippen LogP) is 0.167. The van der Waals surface area contributed by atoms with Crippen molar-refractivity contribution < 1.29 is 17.0 Å². The summed E-state index contributed by atoms with van der Waals surface area (Å²) >= 11 is 0. The Morgan fingerprint density at radius 3 is 2.19 bits per heavy atom. The van der Waals surface area contributed by atoms with Crippen molar-refractivity contribution in [2.24, 2.45) is 0 Å². The molecule has 0 unspecified atom stereocenters. The lowest BCUT2D eigenvalue weighted by Gasteiger charge is -1.98. The van der Waals surface area contributed by atoms with Crippen molar-refractivity contribution in [3.63, 3.8) is 0 Å². The van der Waals surface area contributed by atoms with E-state index in [-0.39, 0.29) is 24.8 Å². The zero-order valence-corrected chi connectivity index (χ0v) is 10.3. The molecule has 0 aliphatic rings. The summed E-state index contributed by atoms with van der Waals surface area (Å²) in [5, 5.41) is 0. The predicted molar refractivity (Wildman–Crippen MR) is 65.7 cm³/mol. The molecule has 1 aromatic heterocycles. The number of aromatic nitrogens is 1. The number of benzene rings is 1. The summed E-state index contributed by atoms with van der Waals surface area (Å²) in [7, 11) is 0. The lowest BCUT2D eigenvalue weighted by atomic mass is 10.1. The van der Waals surface area contributed by atoms with Gasteiger partial charge < -0.3 is 12.4 Å². The minimum absolute atomic E-state index is 0. The SMILES string of the molecule is C=C[n+]1ccccc1-c1ccccc1.Cl.[Cl-]. The molecule has 3 heteroatoms. The summed E-state index contributed by atoms with van der Waals surface area (Å²) in [5.41, 5.74) is 2.36. The molecule has 0 saturated heterocycles. The Morgan fingerprint density at radius 1 is 0.938 bits per heavy atom. The largest absolute Gasteiger partial charge is 1.00 e. The minimum atomic E-state index is 0. The first-order chi connectivity index (χ1) is 6.92. The summed E-state index contributed by atoms with van der Waals surface area (Å²) in [6, 6.07) is 16.4. The van der Waals surface area contributed by atoms with Crippen molar-refractivity contribution >= 4 is 18.6 Å². The highest BCUT2D eigenvalue weighted by molar-refractivity contribution is 5.85. The van der Waals surface area contributed by atoms with Crippen LogP contribution in [0.3, 0.4) is 0 Å². The third-order valence-electron chi connectivity index (χ3n) is 2.16. The van der Waals surface area contributed by atoms with Crippen molar-refractivity contribution in [3.8, 4) is 11.3 Å². The smallest absolute Gasteiger partial charge is 0.217 e. The first-order valence-electron chi connectivity index (χ1n) is 4.60.